The number of hydrogen-bond acceptors (Lipinski definition) is 3. The van der Waals surface area contributed by atoms with Gasteiger partial charge >= 0.3 is 0 Å². The first-order valence-corrected chi connectivity index (χ1v) is 6.29. The number of rotatable bonds is 4. The highest BCUT2D eigenvalue weighted by Gasteiger charge is 2.24. The molecule has 0 unspecified atom stereocenters. The van der Waals surface area contributed by atoms with Gasteiger partial charge in [-0.05, 0) is 18.2 Å². The van der Waals surface area contributed by atoms with Gasteiger partial charge in [-0.1, -0.05) is 20.8 Å². The highest BCUT2D eigenvalue weighted by molar-refractivity contribution is 5.81. The fourth-order valence-corrected chi connectivity index (χ4v) is 1.72. The van der Waals surface area contributed by atoms with E-state index < -0.39 is 5.41 Å². The molecule has 2 heterocycles. The smallest absolute Gasteiger partial charge is 0.225 e. The normalized spacial score (nSPS) is 13.2. The predicted molar refractivity (Wildman–Crippen MR) is 71.5 cm³/mol. The van der Waals surface area contributed by atoms with E-state index in [-0.39, 0.29) is 11.9 Å². The number of aromatic nitrogens is 2. The summed E-state index contributed by atoms with van der Waals surface area (Å²) in [5.74, 6) is 0.786. The number of nitrogens with one attached hydrogen (secondary N) is 1. The summed E-state index contributed by atoms with van der Waals surface area (Å²) in [7, 11) is 0. The standard InChI is InChI=1S/C14H19N3O2/c1-14(2,3)13(18)15-10-11(12-6-4-9-19-12)17-8-5-7-16-17/h4-9,11H,10H2,1-3H3,(H,15,18)/t11-/m0/s1. The summed E-state index contributed by atoms with van der Waals surface area (Å²) in [6.07, 6.45) is 5.19. The first-order chi connectivity index (χ1) is 8.98. The monoisotopic (exact) mass is 261 g/mol. The molecule has 2 aromatic rings. The van der Waals surface area contributed by atoms with Gasteiger partial charge < -0.3 is 9.73 Å². The zero-order valence-electron chi connectivity index (χ0n) is 11.5. The summed E-state index contributed by atoms with van der Waals surface area (Å²) in [5, 5.41) is 7.16. The van der Waals surface area contributed by atoms with Gasteiger partial charge in [0.2, 0.25) is 5.91 Å². The maximum Gasteiger partial charge on any atom is 0.225 e. The highest BCUT2D eigenvalue weighted by Crippen LogP contribution is 2.18. The van der Waals surface area contributed by atoms with Crippen molar-refractivity contribution in [1.29, 1.82) is 0 Å². The molecule has 2 aromatic heterocycles. The molecule has 2 rings (SSSR count). The molecular formula is C14H19N3O2. The Morgan fingerprint density at radius 3 is 2.79 bits per heavy atom. The first kappa shape index (κ1) is 13.4. The van der Waals surface area contributed by atoms with Crippen molar-refractivity contribution in [2.75, 3.05) is 6.54 Å². The Hall–Kier alpha value is -2.04. The van der Waals surface area contributed by atoms with Gasteiger partial charge in [-0.3, -0.25) is 9.48 Å². The third kappa shape index (κ3) is 3.24. The van der Waals surface area contributed by atoms with Gasteiger partial charge in [0.15, 0.2) is 0 Å². The van der Waals surface area contributed by atoms with Gasteiger partial charge in [0, 0.05) is 24.4 Å². The third-order valence-corrected chi connectivity index (χ3v) is 2.85. The molecule has 0 saturated heterocycles. The lowest BCUT2D eigenvalue weighted by atomic mass is 9.95. The molecular weight excluding hydrogens is 242 g/mol. The lowest BCUT2D eigenvalue weighted by Gasteiger charge is -2.21. The van der Waals surface area contributed by atoms with Crippen LogP contribution in [-0.2, 0) is 4.79 Å². The van der Waals surface area contributed by atoms with Crippen LogP contribution in [0.5, 0.6) is 0 Å². The number of hydrogen-bond donors (Lipinski definition) is 1. The van der Waals surface area contributed by atoms with Crippen molar-refractivity contribution >= 4 is 5.91 Å². The fourth-order valence-electron chi connectivity index (χ4n) is 1.72. The molecule has 0 radical (unpaired) electrons. The lowest BCUT2D eigenvalue weighted by Crippen LogP contribution is -2.38. The van der Waals surface area contributed by atoms with Crippen molar-refractivity contribution in [1.82, 2.24) is 15.1 Å². The Balaban J connectivity index is 2.10. The molecule has 1 atom stereocenters. The molecule has 19 heavy (non-hydrogen) atoms. The van der Waals surface area contributed by atoms with E-state index in [2.05, 4.69) is 10.4 Å². The van der Waals surface area contributed by atoms with E-state index in [1.807, 2.05) is 45.2 Å². The minimum absolute atomic E-state index is 0.0104. The quantitative estimate of drug-likeness (QED) is 0.918. The second-order valence-electron chi connectivity index (χ2n) is 5.48. The molecule has 0 aliphatic carbocycles. The Morgan fingerprint density at radius 1 is 1.47 bits per heavy atom. The molecule has 102 valence electrons. The summed E-state index contributed by atoms with van der Waals surface area (Å²) in [6.45, 7) is 6.11. The molecule has 0 fully saturated rings. The van der Waals surface area contributed by atoms with E-state index >= 15 is 0 Å². The number of furan rings is 1. The number of carbonyl (C=O) groups excluding carboxylic acids is 1. The first-order valence-electron chi connectivity index (χ1n) is 6.29. The van der Waals surface area contributed by atoms with Crippen LogP contribution in [0.25, 0.3) is 0 Å². The minimum atomic E-state index is -0.405. The van der Waals surface area contributed by atoms with Crippen LogP contribution in [0.1, 0.15) is 32.6 Å². The summed E-state index contributed by atoms with van der Waals surface area (Å²) in [6, 6.07) is 5.44. The van der Waals surface area contributed by atoms with E-state index in [0.717, 1.165) is 5.76 Å². The maximum atomic E-state index is 11.9. The highest BCUT2D eigenvalue weighted by atomic mass is 16.3. The van der Waals surface area contributed by atoms with E-state index in [9.17, 15) is 4.79 Å². The summed E-state index contributed by atoms with van der Waals surface area (Å²) in [4.78, 5) is 11.9. The molecule has 1 N–H and O–H groups in total. The summed E-state index contributed by atoms with van der Waals surface area (Å²) < 4.78 is 7.20. The topological polar surface area (TPSA) is 60.1 Å². The fraction of sp³-hybridized carbons (Fsp3) is 0.429. The number of nitrogens with zero attached hydrogens (tertiary/aromatic N) is 2. The van der Waals surface area contributed by atoms with Crippen LogP contribution in [0.3, 0.4) is 0 Å². The molecule has 5 heteroatoms. The zero-order valence-corrected chi connectivity index (χ0v) is 11.5. The Bertz CT molecular complexity index is 475. The van der Waals surface area contributed by atoms with Crippen LogP contribution in [0.2, 0.25) is 0 Å². The van der Waals surface area contributed by atoms with Gasteiger partial charge in [0.05, 0.1) is 6.26 Å². The van der Waals surface area contributed by atoms with Gasteiger partial charge in [-0.15, -0.1) is 0 Å². The van der Waals surface area contributed by atoms with Gasteiger partial charge in [0.1, 0.15) is 11.8 Å². The number of amides is 1. The molecule has 0 saturated carbocycles. The molecule has 0 aliphatic rings. The molecule has 0 spiro atoms. The van der Waals surface area contributed by atoms with Crippen LogP contribution >= 0.6 is 0 Å². The van der Waals surface area contributed by atoms with Crippen molar-refractivity contribution < 1.29 is 9.21 Å². The average molecular weight is 261 g/mol. The maximum absolute atomic E-state index is 11.9. The molecule has 0 aromatic carbocycles. The van der Waals surface area contributed by atoms with Crippen molar-refractivity contribution in [2.24, 2.45) is 5.41 Å². The van der Waals surface area contributed by atoms with Crippen LogP contribution < -0.4 is 5.32 Å². The van der Waals surface area contributed by atoms with Crippen LogP contribution in [0.15, 0.2) is 41.3 Å². The van der Waals surface area contributed by atoms with Gasteiger partial charge in [0.25, 0.3) is 0 Å². The molecule has 0 bridgehead atoms. The molecule has 1 amide bonds. The van der Waals surface area contributed by atoms with E-state index in [1.54, 1.807) is 17.1 Å². The Labute approximate surface area is 112 Å². The largest absolute Gasteiger partial charge is 0.467 e. The second-order valence-corrected chi connectivity index (χ2v) is 5.48. The Kier molecular flexibility index (Phi) is 3.74. The van der Waals surface area contributed by atoms with Crippen LogP contribution in [-0.4, -0.2) is 22.2 Å². The van der Waals surface area contributed by atoms with Gasteiger partial charge in [-0.2, -0.15) is 5.10 Å². The summed E-state index contributed by atoms with van der Waals surface area (Å²) >= 11 is 0. The van der Waals surface area contributed by atoms with E-state index in [4.69, 9.17) is 4.42 Å². The van der Waals surface area contributed by atoms with Crippen LogP contribution in [0, 0.1) is 5.41 Å². The van der Waals surface area contributed by atoms with E-state index in [1.165, 1.54) is 0 Å². The van der Waals surface area contributed by atoms with Crippen LogP contribution in [0.4, 0.5) is 0 Å². The second kappa shape index (κ2) is 5.30. The average Bonchev–Trinajstić information content (AvgIpc) is 3.00. The van der Waals surface area contributed by atoms with Crippen molar-refractivity contribution in [3.8, 4) is 0 Å². The lowest BCUT2D eigenvalue weighted by molar-refractivity contribution is -0.128. The van der Waals surface area contributed by atoms with Crippen molar-refractivity contribution in [3.63, 3.8) is 0 Å². The van der Waals surface area contributed by atoms with E-state index in [0.29, 0.717) is 6.54 Å². The molecule has 5 nitrogen and oxygen atoms in total. The molecule has 0 aliphatic heterocycles. The summed E-state index contributed by atoms with van der Waals surface area (Å²) in [5.41, 5.74) is -0.405. The third-order valence-electron chi connectivity index (χ3n) is 2.85. The zero-order chi connectivity index (χ0) is 13.9. The van der Waals surface area contributed by atoms with Crippen molar-refractivity contribution in [2.45, 2.75) is 26.8 Å². The Morgan fingerprint density at radius 2 is 2.26 bits per heavy atom. The van der Waals surface area contributed by atoms with Crippen molar-refractivity contribution in [3.05, 3.63) is 42.6 Å². The van der Waals surface area contributed by atoms with Gasteiger partial charge in [-0.25, -0.2) is 0 Å². The SMILES string of the molecule is CC(C)(C)C(=O)NC[C@@H](c1ccco1)n1cccn1. The number of carbonyl (C=O) groups is 1. The predicted octanol–water partition coefficient (Wildman–Crippen LogP) is 2.23. The minimum Gasteiger partial charge on any atom is -0.467 e.